The maximum atomic E-state index is 13.6. The van der Waals surface area contributed by atoms with Gasteiger partial charge < -0.3 is 10.6 Å². The first-order chi connectivity index (χ1) is 11.2. The third-order valence-corrected chi connectivity index (χ3v) is 3.41. The Morgan fingerprint density at radius 3 is 2.52 bits per heavy atom. The first kappa shape index (κ1) is 15.2. The van der Waals surface area contributed by atoms with Crippen LogP contribution in [0.4, 0.5) is 15.9 Å². The van der Waals surface area contributed by atoms with Gasteiger partial charge in [-0.2, -0.15) is 5.10 Å². The van der Waals surface area contributed by atoms with Crippen LogP contribution in [0.5, 0.6) is 0 Å². The molecule has 6 heteroatoms. The summed E-state index contributed by atoms with van der Waals surface area (Å²) in [5.74, 6) is 0.369. The fourth-order valence-corrected chi connectivity index (χ4v) is 2.34. The standard InChI is InChI=1S/C17H15FN4S/c18-15-9-5-4-6-13(15)12-22-11-10-16(21-22)20-17(23)19-14-7-2-1-3-8-14/h1-11H,12H2,(H2,19,20,21,23). The molecule has 4 nitrogen and oxygen atoms in total. The Balaban J connectivity index is 1.61. The summed E-state index contributed by atoms with van der Waals surface area (Å²) in [6, 6.07) is 18.1. The van der Waals surface area contributed by atoms with Gasteiger partial charge in [0, 0.05) is 23.5 Å². The Bertz CT molecular complexity index is 801. The summed E-state index contributed by atoms with van der Waals surface area (Å²) in [6.45, 7) is 0.368. The number of thiocarbonyl (C=S) groups is 1. The molecule has 0 fully saturated rings. The van der Waals surface area contributed by atoms with E-state index in [9.17, 15) is 4.39 Å². The monoisotopic (exact) mass is 326 g/mol. The fraction of sp³-hybridized carbons (Fsp3) is 0.0588. The molecule has 0 aliphatic rings. The lowest BCUT2D eigenvalue weighted by Crippen LogP contribution is -2.19. The van der Waals surface area contributed by atoms with Gasteiger partial charge >= 0.3 is 0 Å². The highest BCUT2D eigenvalue weighted by Crippen LogP contribution is 2.11. The predicted molar refractivity (Wildman–Crippen MR) is 94.0 cm³/mol. The van der Waals surface area contributed by atoms with Crippen molar-refractivity contribution in [2.45, 2.75) is 6.54 Å². The van der Waals surface area contributed by atoms with E-state index < -0.39 is 0 Å². The summed E-state index contributed by atoms with van der Waals surface area (Å²) in [5.41, 5.74) is 1.49. The molecule has 0 spiro atoms. The Labute approximate surface area is 139 Å². The molecular formula is C17H15FN4S. The smallest absolute Gasteiger partial charge is 0.176 e. The quantitative estimate of drug-likeness (QED) is 0.714. The molecule has 116 valence electrons. The molecule has 3 rings (SSSR count). The van der Waals surface area contributed by atoms with E-state index in [0.717, 1.165) is 5.69 Å². The normalized spacial score (nSPS) is 10.3. The summed E-state index contributed by atoms with van der Waals surface area (Å²) in [6.07, 6.45) is 1.78. The zero-order valence-corrected chi connectivity index (χ0v) is 13.1. The molecule has 0 atom stereocenters. The Morgan fingerprint density at radius 1 is 1.00 bits per heavy atom. The number of nitrogens with zero attached hydrogens (tertiary/aromatic N) is 2. The molecule has 0 saturated carbocycles. The van der Waals surface area contributed by atoms with Crippen LogP contribution in [0, 0.1) is 5.82 Å². The molecule has 2 N–H and O–H groups in total. The van der Waals surface area contributed by atoms with E-state index in [2.05, 4.69) is 15.7 Å². The van der Waals surface area contributed by atoms with Crippen molar-refractivity contribution in [2.24, 2.45) is 0 Å². The van der Waals surface area contributed by atoms with Crippen LogP contribution < -0.4 is 10.6 Å². The average molecular weight is 326 g/mol. The molecule has 1 heterocycles. The van der Waals surface area contributed by atoms with Gasteiger partial charge in [0.25, 0.3) is 0 Å². The van der Waals surface area contributed by atoms with Gasteiger partial charge in [0.05, 0.1) is 6.54 Å². The molecule has 0 saturated heterocycles. The van der Waals surface area contributed by atoms with Crippen LogP contribution in [0.1, 0.15) is 5.56 Å². The van der Waals surface area contributed by atoms with Gasteiger partial charge in [-0.1, -0.05) is 36.4 Å². The molecule has 1 aromatic heterocycles. The van der Waals surface area contributed by atoms with E-state index in [1.807, 2.05) is 30.3 Å². The Morgan fingerprint density at radius 2 is 1.74 bits per heavy atom. The number of anilines is 2. The fourth-order valence-electron chi connectivity index (χ4n) is 2.12. The number of aromatic nitrogens is 2. The highest BCUT2D eigenvalue weighted by molar-refractivity contribution is 7.80. The molecule has 3 aromatic rings. The van der Waals surface area contributed by atoms with Crippen molar-refractivity contribution >= 4 is 28.8 Å². The van der Waals surface area contributed by atoms with Crippen molar-refractivity contribution in [1.29, 1.82) is 0 Å². The van der Waals surface area contributed by atoms with Crippen molar-refractivity contribution in [3.05, 3.63) is 78.2 Å². The Kier molecular flexibility index (Phi) is 4.63. The maximum absolute atomic E-state index is 13.6. The van der Waals surface area contributed by atoms with Gasteiger partial charge in [-0.25, -0.2) is 4.39 Å². The topological polar surface area (TPSA) is 41.9 Å². The van der Waals surface area contributed by atoms with E-state index in [-0.39, 0.29) is 5.82 Å². The van der Waals surface area contributed by atoms with Crippen LogP contribution in [-0.4, -0.2) is 14.9 Å². The number of hydrogen-bond donors (Lipinski definition) is 2. The second kappa shape index (κ2) is 7.02. The maximum Gasteiger partial charge on any atom is 0.176 e. The van der Waals surface area contributed by atoms with Crippen molar-refractivity contribution in [1.82, 2.24) is 9.78 Å². The van der Waals surface area contributed by atoms with E-state index in [4.69, 9.17) is 12.2 Å². The van der Waals surface area contributed by atoms with Crippen molar-refractivity contribution in [3.8, 4) is 0 Å². The summed E-state index contributed by atoms with van der Waals surface area (Å²) in [7, 11) is 0. The van der Waals surface area contributed by atoms with Crippen molar-refractivity contribution in [2.75, 3.05) is 10.6 Å². The van der Waals surface area contributed by atoms with Gasteiger partial charge in [-0.3, -0.25) is 4.68 Å². The van der Waals surface area contributed by atoms with Crippen molar-refractivity contribution < 1.29 is 4.39 Å². The number of nitrogens with one attached hydrogen (secondary N) is 2. The van der Waals surface area contributed by atoms with E-state index in [0.29, 0.717) is 23.0 Å². The SMILES string of the molecule is Fc1ccccc1Cn1ccc(NC(=S)Nc2ccccc2)n1. The molecule has 0 bridgehead atoms. The first-order valence-corrected chi connectivity index (χ1v) is 7.51. The lowest BCUT2D eigenvalue weighted by molar-refractivity contribution is 0.586. The van der Waals surface area contributed by atoms with Gasteiger partial charge in [0.1, 0.15) is 5.82 Å². The van der Waals surface area contributed by atoms with Gasteiger partial charge in [-0.05, 0) is 30.4 Å². The zero-order valence-electron chi connectivity index (χ0n) is 12.2. The number of rotatable bonds is 4. The lowest BCUT2D eigenvalue weighted by Gasteiger charge is -2.08. The number of hydrogen-bond acceptors (Lipinski definition) is 2. The zero-order chi connectivity index (χ0) is 16.1. The number of benzene rings is 2. The van der Waals surface area contributed by atoms with Gasteiger partial charge in [-0.15, -0.1) is 0 Å². The minimum atomic E-state index is -0.237. The van der Waals surface area contributed by atoms with Crippen molar-refractivity contribution in [3.63, 3.8) is 0 Å². The summed E-state index contributed by atoms with van der Waals surface area (Å²) in [4.78, 5) is 0. The molecule has 0 amide bonds. The molecular weight excluding hydrogens is 311 g/mol. The molecule has 0 radical (unpaired) electrons. The van der Waals surface area contributed by atoms with Crippen LogP contribution in [0.3, 0.4) is 0 Å². The third-order valence-electron chi connectivity index (χ3n) is 3.20. The average Bonchev–Trinajstić information content (AvgIpc) is 2.97. The largest absolute Gasteiger partial charge is 0.332 e. The molecule has 0 aliphatic heterocycles. The second-order valence-corrected chi connectivity index (χ2v) is 5.34. The molecule has 2 aromatic carbocycles. The van der Waals surface area contributed by atoms with Crippen LogP contribution >= 0.6 is 12.2 Å². The minimum Gasteiger partial charge on any atom is -0.332 e. The molecule has 0 aliphatic carbocycles. The lowest BCUT2D eigenvalue weighted by atomic mass is 10.2. The van der Waals surface area contributed by atoms with E-state index >= 15 is 0 Å². The van der Waals surface area contributed by atoms with Gasteiger partial charge in [0.15, 0.2) is 10.9 Å². The predicted octanol–water partition coefficient (Wildman–Crippen LogP) is 3.88. The number of para-hydroxylation sites is 1. The van der Waals surface area contributed by atoms with Gasteiger partial charge in [0.2, 0.25) is 0 Å². The first-order valence-electron chi connectivity index (χ1n) is 7.10. The van der Waals surface area contributed by atoms with E-state index in [1.54, 1.807) is 35.1 Å². The molecule has 23 heavy (non-hydrogen) atoms. The van der Waals surface area contributed by atoms with Crippen LogP contribution in [0.25, 0.3) is 0 Å². The minimum absolute atomic E-state index is 0.237. The Hall–Kier alpha value is -2.73. The van der Waals surface area contributed by atoms with Crippen LogP contribution in [-0.2, 0) is 6.54 Å². The number of halogens is 1. The van der Waals surface area contributed by atoms with Crippen LogP contribution in [0.2, 0.25) is 0 Å². The highest BCUT2D eigenvalue weighted by Gasteiger charge is 2.05. The summed E-state index contributed by atoms with van der Waals surface area (Å²) >= 11 is 5.25. The summed E-state index contributed by atoms with van der Waals surface area (Å²) < 4.78 is 15.3. The van der Waals surface area contributed by atoms with E-state index in [1.165, 1.54) is 6.07 Å². The second-order valence-electron chi connectivity index (χ2n) is 4.94. The summed E-state index contributed by atoms with van der Waals surface area (Å²) in [5, 5.41) is 10.9. The third kappa shape index (κ3) is 4.14. The van der Waals surface area contributed by atoms with Crippen LogP contribution in [0.15, 0.2) is 66.9 Å². The highest BCUT2D eigenvalue weighted by atomic mass is 32.1. The molecule has 0 unspecified atom stereocenters.